The molecule has 0 radical (unpaired) electrons. The lowest BCUT2D eigenvalue weighted by Gasteiger charge is -2.10. The Morgan fingerprint density at radius 1 is 1.37 bits per heavy atom. The van der Waals surface area contributed by atoms with Crippen molar-refractivity contribution in [1.82, 2.24) is 0 Å². The van der Waals surface area contributed by atoms with E-state index >= 15 is 0 Å². The number of hydrogen-bond donors (Lipinski definition) is 0. The Morgan fingerprint density at radius 2 is 2.15 bits per heavy atom. The Balaban J connectivity index is 1.89. The Labute approximate surface area is 157 Å². The molecule has 6 nitrogen and oxygen atoms in total. The average Bonchev–Trinajstić information content (AvgIpc) is 2.98. The minimum Gasteiger partial charge on any atom is -0.493 e. The van der Waals surface area contributed by atoms with Crippen LogP contribution in [0.3, 0.4) is 0 Å². The van der Waals surface area contributed by atoms with Crippen LogP contribution in [0.1, 0.15) is 40.9 Å². The molecule has 0 fully saturated rings. The zero-order chi connectivity index (χ0) is 19.6. The van der Waals surface area contributed by atoms with Gasteiger partial charge >= 0.3 is 0 Å². The number of carbonyl (C=O) groups is 1. The smallest absolute Gasteiger partial charge is 0.273 e. The molecular weight excluding hydrogens is 346 g/mol. The number of rotatable bonds is 6. The van der Waals surface area contributed by atoms with Gasteiger partial charge in [0.2, 0.25) is 0 Å². The van der Waals surface area contributed by atoms with Crippen LogP contribution in [0.2, 0.25) is 0 Å². The standard InChI is InChI=1S/C21H21NO5/c1-4-26-20-12-17-9-14(3)27-21(17)11-16(20)7-8-19(23)15-6-5-13(2)18(10-15)22(24)25/h5-8,10-12,14H,4,9H2,1-3H3/b8-7+/t14-/m1/s1. The molecule has 0 spiro atoms. The fourth-order valence-corrected chi connectivity index (χ4v) is 3.09. The maximum Gasteiger partial charge on any atom is 0.273 e. The molecule has 3 rings (SSSR count). The lowest BCUT2D eigenvalue weighted by molar-refractivity contribution is -0.385. The van der Waals surface area contributed by atoms with Gasteiger partial charge in [0, 0.05) is 34.7 Å². The van der Waals surface area contributed by atoms with E-state index in [4.69, 9.17) is 9.47 Å². The normalized spacial score (nSPS) is 15.4. The summed E-state index contributed by atoms with van der Waals surface area (Å²) in [7, 11) is 0. The fourth-order valence-electron chi connectivity index (χ4n) is 3.09. The van der Waals surface area contributed by atoms with Crippen LogP contribution in [0.15, 0.2) is 36.4 Å². The molecule has 2 aromatic carbocycles. The van der Waals surface area contributed by atoms with E-state index < -0.39 is 4.92 Å². The Bertz CT molecular complexity index is 932. The molecule has 0 saturated heterocycles. The molecular formula is C21H21NO5. The monoisotopic (exact) mass is 367 g/mol. The van der Waals surface area contributed by atoms with Crippen molar-refractivity contribution in [3.63, 3.8) is 0 Å². The summed E-state index contributed by atoms with van der Waals surface area (Å²) < 4.78 is 11.5. The van der Waals surface area contributed by atoms with Crippen LogP contribution < -0.4 is 9.47 Å². The predicted molar refractivity (Wildman–Crippen MR) is 103 cm³/mol. The molecule has 140 valence electrons. The summed E-state index contributed by atoms with van der Waals surface area (Å²) in [4.78, 5) is 23.1. The second kappa shape index (κ2) is 7.61. The number of carbonyl (C=O) groups excluding carboxylic acids is 1. The minimum atomic E-state index is -0.484. The van der Waals surface area contributed by atoms with Crippen LogP contribution in [0.5, 0.6) is 11.5 Å². The largest absolute Gasteiger partial charge is 0.493 e. The first-order valence-corrected chi connectivity index (χ1v) is 8.83. The van der Waals surface area contributed by atoms with Crippen molar-refractivity contribution in [3.05, 3.63) is 68.8 Å². The minimum absolute atomic E-state index is 0.0656. The number of nitrogens with zero attached hydrogens (tertiary/aromatic N) is 1. The summed E-state index contributed by atoms with van der Waals surface area (Å²) in [6.07, 6.45) is 4.00. The maximum atomic E-state index is 12.5. The van der Waals surface area contributed by atoms with Crippen LogP contribution >= 0.6 is 0 Å². The number of fused-ring (bicyclic) bond motifs is 1. The van der Waals surface area contributed by atoms with Crippen molar-refractivity contribution in [3.8, 4) is 11.5 Å². The van der Waals surface area contributed by atoms with E-state index in [-0.39, 0.29) is 23.1 Å². The van der Waals surface area contributed by atoms with Crippen LogP contribution in [-0.4, -0.2) is 23.4 Å². The molecule has 1 atom stereocenters. The van der Waals surface area contributed by atoms with Crippen molar-refractivity contribution < 1.29 is 19.2 Å². The van der Waals surface area contributed by atoms with Crippen molar-refractivity contribution in [2.24, 2.45) is 0 Å². The number of nitro benzene ring substituents is 1. The van der Waals surface area contributed by atoms with E-state index in [1.54, 1.807) is 25.1 Å². The third kappa shape index (κ3) is 4.00. The highest BCUT2D eigenvalue weighted by Crippen LogP contribution is 2.35. The van der Waals surface area contributed by atoms with Crippen LogP contribution in [0, 0.1) is 17.0 Å². The highest BCUT2D eigenvalue weighted by molar-refractivity contribution is 6.07. The average molecular weight is 367 g/mol. The van der Waals surface area contributed by atoms with Gasteiger partial charge in [-0.1, -0.05) is 12.1 Å². The Hall–Kier alpha value is -3.15. The highest BCUT2D eigenvalue weighted by Gasteiger charge is 2.21. The van der Waals surface area contributed by atoms with Gasteiger partial charge in [0.25, 0.3) is 5.69 Å². The van der Waals surface area contributed by atoms with Gasteiger partial charge in [-0.3, -0.25) is 14.9 Å². The fraction of sp³-hybridized carbons (Fsp3) is 0.286. The molecule has 2 aromatic rings. The zero-order valence-corrected chi connectivity index (χ0v) is 15.5. The van der Waals surface area contributed by atoms with Gasteiger partial charge in [0.05, 0.1) is 11.5 Å². The number of hydrogen-bond acceptors (Lipinski definition) is 5. The number of ether oxygens (including phenoxy) is 2. The summed E-state index contributed by atoms with van der Waals surface area (Å²) in [6, 6.07) is 8.29. The number of allylic oxidation sites excluding steroid dienone is 1. The van der Waals surface area contributed by atoms with Gasteiger partial charge in [-0.25, -0.2) is 0 Å². The molecule has 6 heteroatoms. The molecule has 0 unspecified atom stereocenters. The first kappa shape index (κ1) is 18.6. The molecule has 1 aliphatic rings. The first-order chi connectivity index (χ1) is 12.9. The Kier molecular flexibility index (Phi) is 5.26. The van der Waals surface area contributed by atoms with Crippen molar-refractivity contribution in [2.45, 2.75) is 33.3 Å². The molecule has 0 amide bonds. The SMILES string of the molecule is CCOc1cc2c(cc1/C=C/C(=O)c1ccc(C)c([N+](=O)[O-])c1)O[C@H](C)C2. The van der Waals surface area contributed by atoms with Gasteiger partial charge in [-0.15, -0.1) is 0 Å². The van der Waals surface area contributed by atoms with Crippen LogP contribution in [0.4, 0.5) is 5.69 Å². The second-order valence-electron chi connectivity index (χ2n) is 6.52. The van der Waals surface area contributed by atoms with Crippen molar-refractivity contribution in [2.75, 3.05) is 6.61 Å². The van der Waals surface area contributed by atoms with E-state index in [9.17, 15) is 14.9 Å². The van der Waals surface area contributed by atoms with Crippen LogP contribution in [0.25, 0.3) is 6.08 Å². The summed E-state index contributed by atoms with van der Waals surface area (Å²) in [5.74, 6) is 1.17. The Morgan fingerprint density at radius 3 is 2.85 bits per heavy atom. The van der Waals surface area contributed by atoms with E-state index in [1.807, 2.05) is 26.0 Å². The zero-order valence-electron chi connectivity index (χ0n) is 15.5. The lowest BCUT2D eigenvalue weighted by Crippen LogP contribution is -2.05. The third-order valence-electron chi connectivity index (χ3n) is 4.43. The summed E-state index contributed by atoms with van der Waals surface area (Å²) in [6.45, 7) is 6.05. The van der Waals surface area contributed by atoms with E-state index in [0.29, 0.717) is 17.9 Å². The number of benzene rings is 2. The van der Waals surface area contributed by atoms with Crippen molar-refractivity contribution in [1.29, 1.82) is 0 Å². The van der Waals surface area contributed by atoms with Gasteiger partial charge in [0.1, 0.15) is 17.6 Å². The predicted octanol–water partition coefficient (Wildman–Crippen LogP) is 4.52. The molecule has 27 heavy (non-hydrogen) atoms. The highest BCUT2D eigenvalue weighted by atomic mass is 16.6. The van der Waals surface area contributed by atoms with Gasteiger partial charge in [-0.2, -0.15) is 0 Å². The number of ketones is 1. The van der Waals surface area contributed by atoms with Gasteiger partial charge in [-0.05, 0) is 45.1 Å². The molecule has 0 bridgehead atoms. The maximum absolute atomic E-state index is 12.5. The molecule has 0 aliphatic carbocycles. The molecule has 1 heterocycles. The molecule has 1 aliphatic heterocycles. The first-order valence-electron chi connectivity index (χ1n) is 8.83. The van der Waals surface area contributed by atoms with E-state index in [2.05, 4.69) is 0 Å². The second-order valence-corrected chi connectivity index (χ2v) is 6.52. The number of nitro groups is 1. The quantitative estimate of drug-likeness (QED) is 0.325. The molecule has 0 saturated carbocycles. The topological polar surface area (TPSA) is 78.7 Å². The number of aryl methyl sites for hydroxylation is 1. The third-order valence-corrected chi connectivity index (χ3v) is 4.43. The van der Waals surface area contributed by atoms with Crippen LogP contribution in [-0.2, 0) is 6.42 Å². The molecule has 0 aromatic heterocycles. The molecule has 0 N–H and O–H groups in total. The van der Waals surface area contributed by atoms with Crippen molar-refractivity contribution >= 4 is 17.5 Å². The van der Waals surface area contributed by atoms with Gasteiger partial charge in [0.15, 0.2) is 5.78 Å². The summed E-state index contributed by atoms with van der Waals surface area (Å²) in [5, 5.41) is 11.1. The summed E-state index contributed by atoms with van der Waals surface area (Å²) >= 11 is 0. The van der Waals surface area contributed by atoms with E-state index in [0.717, 1.165) is 23.3 Å². The van der Waals surface area contributed by atoms with Gasteiger partial charge < -0.3 is 9.47 Å². The lowest BCUT2D eigenvalue weighted by atomic mass is 10.0. The summed E-state index contributed by atoms with van der Waals surface area (Å²) in [5.41, 5.74) is 2.55. The van der Waals surface area contributed by atoms with E-state index in [1.165, 1.54) is 12.1 Å².